The summed E-state index contributed by atoms with van der Waals surface area (Å²) in [6.07, 6.45) is -3.58. The van der Waals surface area contributed by atoms with Crippen LogP contribution >= 0.6 is 0 Å². The molecule has 5 atom stereocenters. The molecule has 10 nitrogen and oxygen atoms in total. The van der Waals surface area contributed by atoms with Gasteiger partial charge in [-0.05, 0) is 53.9 Å². The molecule has 3 aromatic carbocycles. The van der Waals surface area contributed by atoms with E-state index in [1.54, 1.807) is 0 Å². The zero-order chi connectivity index (χ0) is 35.4. The van der Waals surface area contributed by atoms with Gasteiger partial charge in [-0.25, -0.2) is 0 Å². The van der Waals surface area contributed by atoms with E-state index in [1.165, 1.54) is 0 Å². The number of halogens is 3. The Bertz CT molecular complexity index is 2180. The van der Waals surface area contributed by atoms with Gasteiger partial charge < -0.3 is 34.1 Å². The van der Waals surface area contributed by atoms with E-state index in [-0.39, 0.29) is 71.8 Å². The maximum Gasteiger partial charge on any atom is 0.573 e. The minimum atomic E-state index is -5.01. The molecule has 2 saturated heterocycles. The van der Waals surface area contributed by atoms with Gasteiger partial charge in [-0.1, -0.05) is 60.7 Å². The van der Waals surface area contributed by atoms with Crippen molar-refractivity contribution in [3.05, 3.63) is 111 Å². The zero-order valence-corrected chi connectivity index (χ0v) is 27.7. The Balaban J connectivity index is 1.08. The highest BCUT2D eigenvalue weighted by molar-refractivity contribution is 6.18. The molecule has 6 aliphatic rings. The van der Waals surface area contributed by atoms with Crippen LogP contribution in [0.3, 0.4) is 0 Å². The Morgan fingerprint density at radius 1 is 0.923 bits per heavy atom. The van der Waals surface area contributed by atoms with Gasteiger partial charge in [0, 0.05) is 41.6 Å². The fraction of sp³-hybridized carbons (Fsp3) is 0.359. The van der Waals surface area contributed by atoms with Crippen molar-refractivity contribution in [2.45, 2.75) is 56.9 Å². The number of hydrogen-bond donors (Lipinski definition) is 2. The summed E-state index contributed by atoms with van der Waals surface area (Å²) >= 11 is 0. The summed E-state index contributed by atoms with van der Waals surface area (Å²) < 4.78 is 72.0. The number of ether oxygens (including phenoxy) is 4. The highest BCUT2D eigenvalue weighted by Gasteiger charge is 2.72. The van der Waals surface area contributed by atoms with Crippen molar-refractivity contribution in [1.29, 1.82) is 0 Å². The second kappa shape index (κ2) is 11.3. The standard InChI is InChI=1S/C39H32F3N3O7/c40-39(41,42)50-33-24-14-22-13-23-15-25-28(37(45-52-25)49-18-20-9-5-2-6-10-20)35(47)38(23)36(51-38)26(22)32(46)27(24)34(48-17-19-7-3-1-4-8-19)31-29(33)30-21(16-44-31)11-12-43-30/h1-10,21-23,30,43-44H,11-18H2/t21?,22?,23-,30?,38+/m0/s1. The lowest BCUT2D eigenvalue weighted by atomic mass is 9.63. The van der Waals surface area contributed by atoms with Crippen molar-refractivity contribution >= 4 is 17.3 Å². The van der Waals surface area contributed by atoms with E-state index in [0.717, 1.165) is 17.5 Å². The van der Waals surface area contributed by atoms with E-state index in [1.807, 2.05) is 60.7 Å². The quantitative estimate of drug-likeness (QED) is 0.202. The number of carbonyl (C=O) groups excluding carboxylic acids is 2. The topological polar surface area (TPSA) is 124 Å². The number of Topliss-reactive ketones (excluding diaryl/α,β-unsaturated/α-hetero) is 2. The number of carbonyl (C=O) groups is 2. The SMILES string of the molecule is O=C1C2=C3O[C@]34C(=O)c3c(OCc5ccccc5)noc3C[C@@H]4CC2Cc2c(OC(F)(F)F)c3c(c(OCc4ccccc4)c21)NCC1CCNC31. The number of aromatic nitrogens is 1. The van der Waals surface area contributed by atoms with Crippen LogP contribution < -0.4 is 24.8 Å². The van der Waals surface area contributed by atoms with E-state index in [9.17, 15) is 22.8 Å². The molecule has 3 aliphatic heterocycles. The zero-order valence-electron chi connectivity index (χ0n) is 27.7. The maximum atomic E-state index is 14.9. The molecular formula is C39H32F3N3O7. The van der Waals surface area contributed by atoms with Crippen molar-refractivity contribution in [3.8, 4) is 17.4 Å². The third-order valence-electron chi connectivity index (χ3n) is 11.4. The molecule has 0 saturated carbocycles. The van der Waals surface area contributed by atoms with Gasteiger partial charge in [-0.2, -0.15) is 0 Å². The van der Waals surface area contributed by atoms with Crippen molar-refractivity contribution in [1.82, 2.24) is 10.5 Å². The summed E-state index contributed by atoms with van der Waals surface area (Å²) in [6, 6.07) is 18.4. The number of hydrogen-bond acceptors (Lipinski definition) is 10. The van der Waals surface area contributed by atoms with Crippen molar-refractivity contribution < 1.29 is 46.2 Å². The van der Waals surface area contributed by atoms with Crippen LogP contribution in [0.5, 0.6) is 17.4 Å². The fourth-order valence-electron chi connectivity index (χ4n) is 9.13. The minimum absolute atomic E-state index is 0.00142. The van der Waals surface area contributed by atoms with E-state index in [2.05, 4.69) is 15.8 Å². The van der Waals surface area contributed by atoms with Crippen molar-refractivity contribution in [2.24, 2.45) is 17.8 Å². The van der Waals surface area contributed by atoms with Gasteiger partial charge in [0.25, 0.3) is 5.88 Å². The number of alkyl halides is 3. The predicted molar refractivity (Wildman–Crippen MR) is 177 cm³/mol. The first-order chi connectivity index (χ1) is 25.2. The number of anilines is 1. The Morgan fingerprint density at radius 2 is 1.65 bits per heavy atom. The number of nitrogens with one attached hydrogen (secondary N) is 2. The molecule has 3 aliphatic carbocycles. The van der Waals surface area contributed by atoms with Crippen LogP contribution in [0.25, 0.3) is 0 Å². The summed E-state index contributed by atoms with van der Waals surface area (Å²) in [5.41, 5.74) is 1.58. The van der Waals surface area contributed by atoms with Gasteiger partial charge in [0.15, 0.2) is 23.1 Å². The second-order valence-electron chi connectivity index (χ2n) is 14.3. The average molecular weight is 712 g/mol. The van der Waals surface area contributed by atoms with Crippen molar-refractivity contribution in [2.75, 3.05) is 18.4 Å². The van der Waals surface area contributed by atoms with E-state index < -0.39 is 41.4 Å². The number of nitrogens with zero attached hydrogens (tertiary/aromatic N) is 1. The number of allylic oxidation sites excluding steroid dienone is 1. The molecule has 0 radical (unpaired) electrons. The fourth-order valence-corrected chi connectivity index (χ4v) is 9.13. The summed E-state index contributed by atoms with van der Waals surface area (Å²) in [5.74, 6) is -1.34. The molecule has 0 bridgehead atoms. The van der Waals surface area contributed by atoms with Crippen molar-refractivity contribution in [3.63, 3.8) is 0 Å². The first-order valence-electron chi connectivity index (χ1n) is 17.5. The molecule has 3 unspecified atom stereocenters. The number of ketones is 2. The molecule has 2 N–H and O–H groups in total. The van der Waals surface area contributed by atoms with E-state index >= 15 is 0 Å². The summed E-state index contributed by atoms with van der Waals surface area (Å²) in [6.45, 7) is 1.36. The molecule has 4 heterocycles. The number of benzene rings is 3. The lowest BCUT2D eigenvalue weighted by molar-refractivity contribution is -0.275. The number of fused-ring (bicyclic) bond motifs is 6. The molecular weight excluding hydrogens is 679 g/mol. The van der Waals surface area contributed by atoms with Gasteiger partial charge in [0.1, 0.15) is 24.5 Å². The normalized spacial score (nSPS) is 26.4. The lowest BCUT2D eigenvalue weighted by Gasteiger charge is -2.39. The summed E-state index contributed by atoms with van der Waals surface area (Å²) in [4.78, 5) is 29.2. The van der Waals surface area contributed by atoms with Gasteiger partial charge in [0.2, 0.25) is 11.4 Å². The second-order valence-corrected chi connectivity index (χ2v) is 14.3. The molecule has 13 heteroatoms. The van der Waals surface area contributed by atoms with Gasteiger partial charge in [0.05, 0.1) is 11.3 Å². The average Bonchev–Trinajstić information content (AvgIpc) is 3.47. The molecule has 2 fully saturated rings. The lowest BCUT2D eigenvalue weighted by Crippen LogP contribution is -2.44. The van der Waals surface area contributed by atoms with Crippen LogP contribution in [0, 0.1) is 17.8 Å². The largest absolute Gasteiger partial charge is 0.573 e. The van der Waals surface area contributed by atoms with Gasteiger partial charge in [-0.3, -0.25) is 9.59 Å². The first kappa shape index (κ1) is 31.4. The Morgan fingerprint density at radius 3 is 2.38 bits per heavy atom. The monoisotopic (exact) mass is 711 g/mol. The highest BCUT2D eigenvalue weighted by atomic mass is 19.4. The van der Waals surface area contributed by atoms with Crippen LogP contribution in [0.1, 0.15) is 67.6 Å². The number of rotatable bonds is 7. The van der Waals surface area contributed by atoms with Gasteiger partial charge in [-0.15, -0.1) is 13.2 Å². The molecule has 10 rings (SSSR count). The molecule has 52 heavy (non-hydrogen) atoms. The third-order valence-corrected chi connectivity index (χ3v) is 11.4. The Labute approximate surface area is 295 Å². The maximum absolute atomic E-state index is 14.9. The molecule has 1 spiro atoms. The minimum Gasteiger partial charge on any atom is -0.486 e. The predicted octanol–water partition coefficient (Wildman–Crippen LogP) is 6.64. The number of epoxide rings is 1. The smallest absolute Gasteiger partial charge is 0.486 e. The van der Waals surface area contributed by atoms with Crippen LogP contribution in [0.2, 0.25) is 0 Å². The van der Waals surface area contributed by atoms with E-state index in [4.69, 9.17) is 23.5 Å². The summed E-state index contributed by atoms with van der Waals surface area (Å²) in [7, 11) is 0. The molecule has 4 aromatic rings. The Kier molecular flexibility index (Phi) is 6.86. The Hall–Kier alpha value is -5.30. The van der Waals surface area contributed by atoms with Crippen LogP contribution in [-0.2, 0) is 30.8 Å². The van der Waals surface area contributed by atoms with Crippen LogP contribution in [0.15, 0.2) is 76.5 Å². The van der Waals surface area contributed by atoms with Crippen LogP contribution in [-0.4, -0.2) is 41.8 Å². The third kappa shape index (κ3) is 4.70. The first-order valence-corrected chi connectivity index (χ1v) is 17.5. The molecule has 0 amide bonds. The van der Waals surface area contributed by atoms with Gasteiger partial charge >= 0.3 is 6.36 Å². The summed E-state index contributed by atoms with van der Waals surface area (Å²) in [5, 5.41) is 10.8. The highest BCUT2D eigenvalue weighted by Crippen LogP contribution is 2.64. The van der Waals surface area contributed by atoms with E-state index in [0.29, 0.717) is 42.1 Å². The van der Waals surface area contributed by atoms with Crippen LogP contribution in [0.4, 0.5) is 18.9 Å². The molecule has 266 valence electrons. The molecule has 1 aromatic heterocycles.